The number of benzene rings is 4. The summed E-state index contributed by atoms with van der Waals surface area (Å²) in [5.74, 6) is -1.16. The molecular weight excluding hydrogens is 909 g/mol. The van der Waals surface area contributed by atoms with Crippen molar-refractivity contribution in [2.24, 2.45) is 22.9 Å². The van der Waals surface area contributed by atoms with Crippen LogP contribution in [0.4, 0.5) is 11.4 Å². The molecule has 1 heterocycles. The Morgan fingerprint density at radius 2 is 1.74 bits per heavy atom. The molecular formula is C51H60N4O11S2. The molecule has 1 saturated carbocycles. The van der Waals surface area contributed by atoms with Crippen LogP contribution in [0.3, 0.4) is 0 Å². The number of allylic oxidation sites excluding steroid dienone is 1. The summed E-state index contributed by atoms with van der Waals surface area (Å²) in [6, 6.07) is 26.8. The zero-order chi connectivity index (χ0) is 48.3. The molecule has 15 nitrogen and oxygen atoms in total. The smallest absolute Gasteiger partial charge is 0.269 e. The molecule has 6 atom stereocenters. The number of hydrogen-bond acceptors (Lipinski definition) is 13. The maximum atomic E-state index is 14.9. The highest BCUT2D eigenvalue weighted by Gasteiger charge is 2.65. The molecule has 3 aliphatic rings. The number of sulfonamides is 1. The largest absolute Gasteiger partial charge is 0.493 e. The van der Waals surface area contributed by atoms with Crippen LogP contribution >= 0.6 is 11.8 Å². The Labute approximate surface area is 402 Å². The number of aliphatic hydroxyl groups excluding tert-OH is 2. The summed E-state index contributed by atoms with van der Waals surface area (Å²) in [4.78, 5) is 29.9. The van der Waals surface area contributed by atoms with E-state index in [1.807, 2.05) is 36.4 Å². The number of ether oxygens (including phenoxy) is 3. The highest BCUT2D eigenvalue weighted by molar-refractivity contribution is 7.99. The van der Waals surface area contributed by atoms with Gasteiger partial charge in [-0.1, -0.05) is 48.3 Å². The van der Waals surface area contributed by atoms with E-state index in [9.17, 15) is 33.5 Å². The van der Waals surface area contributed by atoms with Crippen LogP contribution in [-0.2, 0) is 31.0 Å². The monoisotopic (exact) mass is 968 g/mol. The van der Waals surface area contributed by atoms with Crippen molar-refractivity contribution in [3.8, 4) is 11.5 Å². The summed E-state index contributed by atoms with van der Waals surface area (Å²) in [7, 11) is -2.80. The third kappa shape index (κ3) is 11.5. The van der Waals surface area contributed by atoms with Crippen molar-refractivity contribution in [3.05, 3.63) is 143 Å². The molecule has 17 heteroatoms. The van der Waals surface area contributed by atoms with E-state index < -0.39 is 32.7 Å². The number of unbranched alkanes of at least 4 members (excludes halogenated alkanes) is 2. The number of anilines is 1. The summed E-state index contributed by atoms with van der Waals surface area (Å²) in [6.45, 7) is 5.85. The molecule has 0 aromatic heterocycles. The number of thioether (sulfide) groups is 1. The number of rotatable bonds is 24. The third-order valence-electron chi connectivity index (χ3n) is 12.9. The number of oxime groups is 1. The number of nitro benzene ring substituents is 1. The Kier molecular flexibility index (Phi) is 17.1. The van der Waals surface area contributed by atoms with Crippen LogP contribution in [0.25, 0.3) is 0 Å². The van der Waals surface area contributed by atoms with Gasteiger partial charge < -0.3 is 34.6 Å². The standard InChI is InChI=1S/C51H60N4O11S2/c1-4-28-64-51-48(54(3)68(61,62)42-23-18-38(19-24-42)52-35(2)58)33-46(53-65-34-36-16-20-39(21-17-36)55(59)60)44-31-37(12-8-10-26-56)43(15-9-11-27-57)49(50(44)51)45-32-40(22-25-47(45)66-51)63-29-30-67-41-13-6-5-7-14-41/h4-7,13-14,16-25,31-32,37,43,48-50,56-57H,1,8-12,15,26-30,33-34H2,2-3H3,(H,52,58). The lowest BCUT2D eigenvalue weighted by Gasteiger charge is -2.59. The lowest BCUT2D eigenvalue weighted by atomic mass is 9.55. The summed E-state index contributed by atoms with van der Waals surface area (Å²) in [5.41, 5.74) is 3.17. The molecule has 1 aliphatic heterocycles. The van der Waals surface area contributed by atoms with Crippen LogP contribution in [0, 0.1) is 27.9 Å². The number of carbonyl (C=O) groups excluding carboxylic acids is 1. The van der Waals surface area contributed by atoms with Gasteiger partial charge in [0.1, 0.15) is 18.1 Å². The number of non-ortho nitro benzene ring substituents is 1. The van der Waals surface area contributed by atoms with Crippen LogP contribution in [0.15, 0.2) is 136 Å². The molecule has 1 fully saturated rings. The van der Waals surface area contributed by atoms with Gasteiger partial charge in [0.15, 0.2) is 0 Å². The topological polar surface area (TPSA) is 199 Å². The van der Waals surface area contributed by atoms with Crippen molar-refractivity contribution in [2.45, 2.75) is 86.0 Å². The fraction of sp³-hybridized carbons (Fsp3) is 0.412. The first kappa shape index (κ1) is 50.3. The van der Waals surface area contributed by atoms with Crippen LogP contribution in [0.2, 0.25) is 0 Å². The number of amides is 1. The molecule has 6 unspecified atom stereocenters. The van der Waals surface area contributed by atoms with Crippen molar-refractivity contribution in [1.29, 1.82) is 0 Å². The van der Waals surface area contributed by atoms with Crippen LogP contribution in [-0.4, -0.2) is 90.5 Å². The Hall–Kier alpha value is -5.56. The first-order valence-corrected chi connectivity index (χ1v) is 25.4. The summed E-state index contributed by atoms with van der Waals surface area (Å²) >= 11 is 1.70. The average molecular weight is 969 g/mol. The lowest BCUT2D eigenvalue weighted by Crippen LogP contribution is -2.69. The van der Waals surface area contributed by atoms with E-state index in [1.165, 1.54) is 54.7 Å². The van der Waals surface area contributed by atoms with Crippen LogP contribution in [0.1, 0.15) is 68.9 Å². The number of nitrogens with one attached hydrogen (secondary N) is 1. The second-order valence-corrected chi connectivity index (χ2v) is 20.4. The average Bonchev–Trinajstić information content (AvgIpc) is 3.33. The van der Waals surface area contributed by atoms with Gasteiger partial charge in [-0.15, -0.1) is 18.3 Å². The minimum Gasteiger partial charge on any atom is -0.493 e. The van der Waals surface area contributed by atoms with E-state index >= 15 is 0 Å². The van der Waals surface area contributed by atoms with Crippen molar-refractivity contribution in [1.82, 2.24) is 4.31 Å². The van der Waals surface area contributed by atoms with Gasteiger partial charge in [-0.25, -0.2) is 8.42 Å². The molecule has 0 spiro atoms. The minimum absolute atomic E-state index is 0.000309. The van der Waals surface area contributed by atoms with Crippen molar-refractivity contribution < 1.29 is 47.4 Å². The number of hydrogen-bond donors (Lipinski definition) is 3. The molecule has 7 rings (SSSR count). The Balaban J connectivity index is 1.37. The van der Waals surface area contributed by atoms with Gasteiger partial charge in [0.2, 0.25) is 21.7 Å². The molecule has 4 aromatic rings. The number of carbonyl (C=O) groups is 1. The molecule has 3 N–H and O–H groups in total. The molecule has 0 radical (unpaired) electrons. The minimum atomic E-state index is -4.30. The summed E-state index contributed by atoms with van der Waals surface area (Å²) in [6.07, 6.45) is 7.94. The van der Waals surface area contributed by atoms with E-state index in [0.717, 1.165) is 35.3 Å². The normalized spacial score (nSPS) is 22.3. The van der Waals surface area contributed by atoms with Crippen molar-refractivity contribution in [3.63, 3.8) is 0 Å². The Morgan fingerprint density at radius 1 is 1.01 bits per heavy atom. The Bertz CT molecular complexity index is 2540. The highest BCUT2D eigenvalue weighted by atomic mass is 32.2. The van der Waals surface area contributed by atoms with Gasteiger partial charge in [-0.05, 0) is 115 Å². The second-order valence-electron chi connectivity index (χ2n) is 17.2. The molecule has 362 valence electrons. The predicted molar refractivity (Wildman–Crippen MR) is 261 cm³/mol. The number of nitrogens with zero attached hydrogens (tertiary/aromatic N) is 3. The van der Waals surface area contributed by atoms with E-state index in [2.05, 4.69) is 30.1 Å². The van der Waals surface area contributed by atoms with Gasteiger partial charge in [0.25, 0.3) is 5.69 Å². The zero-order valence-corrected chi connectivity index (χ0v) is 40.0. The molecule has 0 bridgehead atoms. The second kappa shape index (κ2) is 23.2. The quantitative estimate of drug-likeness (QED) is 0.0198. The van der Waals surface area contributed by atoms with Gasteiger partial charge in [0, 0.05) is 73.6 Å². The first-order chi connectivity index (χ1) is 32.9. The third-order valence-corrected chi connectivity index (χ3v) is 15.7. The molecule has 2 aliphatic carbocycles. The van der Waals surface area contributed by atoms with E-state index in [4.69, 9.17) is 24.2 Å². The molecule has 1 amide bonds. The number of likely N-dealkylation sites (N-methyl/N-ethyl adjacent to an activating group) is 1. The van der Waals surface area contributed by atoms with E-state index in [0.29, 0.717) is 60.1 Å². The number of fused-ring (bicyclic) bond motifs is 2. The zero-order valence-electron chi connectivity index (χ0n) is 38.4. The van der Waals surface area contributed by atoms with Crippen LogP contribution in [0.5, 0.6) is 11.5 Å². The van der Waals surface area contributed by atoms with Crippen molar-refractivity contribution >= 4 is 44.8 Å². The van der Waals surface area contributed by atoms with Gasteiger partial charge in [0.05, 0.1) is 40.7 Å². The van der Waals surface area contributed by atoms with Gasteiger partial charge in [-0.2, -0.15) is 4.31 Å². The first-order valence-electron chi connectivity index (χ1n) is 23.0. The van der Waals surface area contributed by atoms with E-state index in [-0.39, 0.29) is 67.1 Å². The summed E-state index contributed by atoms with van der Waals surface area (Å²) in [5, 5.41) is 38.8. The lowest BCUT2D eigenvalue weighted by molar-refractivity contribution is -0.384. The maximum absolute atomic E-state index is 14.9. The van der Waals surface area contributed by atoms with Gasteiger partial charge in [-0.3, -0.25) is 14.9 Å². The molecule has 4 aromatic carbocycles. The number of aliphatic hydroxyl groups is 2. The Morgan fingerprint density at radius 3 is 2.41 bits per heavy atom. The molecule has 0 saturated heterocycles. The van der Waals surface area contributed by atoms with Crippen LogP contribution < -0.4 is 14.8 Å². The fourth-order valence-electron chi connectivity index (χ4n) is 9.77. The summed E-state index contributed by atoms with van der Waals surface area (Å²) < 4.78 is 51.8. The van der Waals surface area contributed by atoms with Gasteiger partial charge >= 0.3 is 0 Å². The molecule has 68 heavy (non-hydrogen) atoms. The number of nitro groups is 1. The highest BCUT2D eigenvalue weighted by Crippen LogP contribution is 2.62. The maximum Gasteiger partial charge on any atom is 0.269 e. The SMILES string of the molecule is C=CCOC12Oc3ccc(OCCSc4ccccc4)cc3C3C(CCCCO)C(CCCCO)C=C(C(=NOCc4ccc([N+](=O)[O-])cc4)CC1N(C)S(=O)(=O)c1ccc(NC(C)=O)cc1)C32. The van der Waals surface area contributed by atoms with Crippen molar-refractivity contribution in [2.75, 3.05) is 44.5 Å². The fourth-order valence-corrected chi connectivity index (χ4v) is 11.9. The predicted octanol–water partition coefficient (Wildman–Crippen LogP) is 8.88. The van der Waals surface area contributed by atoms with E-state index in [1.54, 1.807) is 30.0 Å².